The summed E-state index contributed by atoms with van der Waals surface area (Å²) in [6.07, 6.45) is 3.05. The molecule has 0 radical (unpaired) electrons. The Hall–Kier alpha value is -1.19. The van der Waals surface area contributed by atoms with Crippen LogP contribution in [0.25, 0.3) is 0 Å². The largest absolute Gasteiger partial charge is 0.357 e. The molecule has 0 aliphatic carbocycles. The van der Waals surface area contributed by atoms with E-state index in [4.69, 9.17) is 0 Å². The molecule has 27 heavy (non-hydrogen) atoms. The second-order valence-corrected chi connectivity index (χ2v) is 8.10. The highest BCUT2D eigenvalue weighted by molar-refractivity contribution is 14.0. The van der Waals surface area contributed by atoms with E-state index in [9.17, 15) is 0 Å². The first-order valence-corrected chi connectivity index (χ1v) is 10.2. The Balaban J connectivity index is 0.00000261. The number of nitrogens with zero attached hydrogens (tertiary/aromatic N) is 3. The van der Waals surface area contributed by atoms with Gasteiger partial charge in [0.1, 0.15) is 5.01 Å². The molecule has 7 heteroatoms. The van der Waals surface area contributed by atoms with Crippen molar-refractivity contribution in [2.45, 2.75) is 46.3 Å². The fourth-order valence-electron chi connectivity index (χ4n) is 3.23. The van der Waals surface area contributed by atoms with E-state index in [0.717, 1.165) is 43.6 Å². The minimum absolute atomic E-state index is 0. The highest BCUT2D eigenvalue weighted by atomic mass is 127. The van der Waals surface area contributed by atoms with Gasteiger partial charge in [0, 0.05) is 43.3 Å². The lowest BCUT2D eigenvalue weighted by Crippen LogP contribution is -2.47. The zero-order chi connectivity index (χ0) is 18.4. The average Bonchev–Trinajstić information content (AvgIpc) is 3.08. The van der Waals surface area contributed by atoms with E-state index >= 15 is 0 Å². The normalized spacial score (nSPS) is 15.6. The third-order valence-electron chi connectivity index (χ3n) is 4.73. The zero-order valence-corrected chi connectivity index (χ0v) is 19.5. The van der Waals surface area contributed by atoms with Crippen LogP contribution in [0.1, 0.15) is 34.9 Å². The second kappa shape index (κ2) is 11.0. The molecule has 1 aromatic heterocycles. The fourth-order valence-corrected chi connectivity index (χ4v) is 3.94. The maximum atomic E-state index is 4.67. The molecule has 0 saturated carbocycles. The summed E-state index contributed by atoms with van der Waals surface area (Å²) in [5.41, 5.74) is 2.96. The number of guanidine groups is 1. The van der Waals surface area contributed by atoms with Gasteiger partial charge in [0.25, 0.3) is 0 Å². The van der Waals surface area contributed by atoms with Gasteiger partial charge in [0.2, 0.25) is 0 Å². The molecule has 0 spiro atoms. The van der Waals surface area contributed by atoms with Crippen molar-refractivity contribution in [3.63, 3.8) is 0 Å². The van der Waals surface area contributed by atoms with Crippen LogP contribution in [0.3, 0.4) is 0 Å². The summed E-state index contributed by atoms with van der Waals surface area (Å²) in [5, 5.41) is 7.88. The van der Waals surface area contributed by atoms with Gasteiger partial charge in [-0.25, -0.2) is 9.98 Å². The maximum Gasteiger partial charge on any atom is 0.191 e. The van der Waals surface area contributed by atoms with Crippen LogP contribution in [0.4, 0.5) is 0 Å². The molecule has 0 fully saturated rings. The molecule has 1 aliphatic heterocycles. The van der Waals surface area contributed by atoms with Crippen LogP contribution >= 0.6 is 35.3 Å². The quantitative estimate of drug-likeness (QED) is 0.363. The van der Waals surface area contributed by atoms with Gasteiger partial charge in [-0.05, 0) is 38.3 Å². The van der Waals surface area contributed by atoms with Crippen molar-refractivity contribution >= 4 is 41.3 Å². The van der Waals surface area contributed by atoms with Crippen molar-refractivity contribution in [3.8, 4) is 0 Å². The van der Waals surface area contributed by atoms with Crippen molar-refractivity contribution in [1.29, 1.82) is 0 Å². The Kier molecular flexibility index (Phi) is 8.98. The molecule has 1 aliphatic rings. The van der Waals surface area contributed by atoms with Crippen LogP contribution in [0.5, 0.6) is 0 Å². The minimum atomic E-state index is 0. The van der Waals surface area contributed by atoms with Crippen molar-refractivity contribution in [1.82, 2.24) is 20.5 Å². The van der Waals surface area contributed by atoms with E-state index in [2.05, 4.69) is 70.5 Å². The van der Waals surface area contributed by atoms with Crippen LogP contribution < -0.4 is 10.6 Å². The van der Waals surface area contributed by atoms with E-state index in [-0.39, 0.29) is 24.0 Å². The Morgan fingerprint density at radius 2 is 2.07 bits per heavy atom. The number of halogens is 1. The number of fused-ring (bicyclic) bond motifs is 1. The molecular weight excluding hydrogens is 469 g/mol. The SMILES string of the molecule is CCNC(=NCc1ncc(C)s1)NCC(C)N1CCc2ccccc2C1.I. The van der Waals surface area contributed by atoms with E-state index in [1.54, 1.807) is 11.3 Å². The van der Waals surface area contributed by atoms with Crippen molar-refractivity contribution in [3.05, 3.63) is 51.5 Å². The summed E-state index contributed by atoms with van der Waals surface area (Å²) < 4.78 is 0. The van der Waals surface area contributed by atoms with Crippen LogP contribution in [0.15, 0.2) is 35.5 Å². The zero-order valence-electron chi connectivity index (χ0n) is 16.4. The molecule has 2 heterocycles. The fraction of sp³-hybridized carbons (Fsp3) is 0.500. The van der Waals surface area contributed by atoms with Gasteiger partial charge in [0.05, 0.1) is 6.54 Å². The van der Waals surface area contributed by atoms with Gasteiger partial charge in [-0.3, -0.25) is 4.90 Å². The number of hydrogen-bond acceptors (Lipinski definition) is 4. The Morgan fingerprint density at radius 3 is 2.78 bits per heavy atom. The van der Waals surface area contributed by atoms with Crippen LogP contribution in [-0.4, -0.2) is 41.5 Å². The first kappa shape index (κ1) is 22.1. The summed E-state index contributed by atoms with van der Waals surface area (Å²) in [4.78, 5) is 12.8. The molecule has 2 N–H and O–H groups in total. The first-order valence-electron chi connectivity index (χ1n) is 9.40. The molecule has 148 valence electrons. The second-order valence-electron chi connectivity index (χ2n) is 6.78. The standard InChI is InChI=1S/C20H29N5S.HI/c1-4-21-20(24-13-19-22-12-16(3)26-19)23-11-15(2)25-10-9-17-7-5-6-8-18(17)14-25;/h5-8,12,15H,4,9-11,13-14H2,1-3H3,(H2,21,23,24);1H. The van der Waals surface area contributed by atoms with Gasteiger partial charge in [-0.1, -0.05) is 24.3 Å². The van der Waals surface area contributed by atoms with E-state index in [1.807, 2.05) is 6.20 Å². The molecule has 1 atom stereocenters. The van der Waals surface area contributed by atoms with Gasteiger partial charge in [-0.15, -0.1) is 35.3 Å². The molecular formula is C20H30IN5S. The Bertz CT molecular complexity index is 745. The summed E-state index contributed by atoms with van der Waals surface area (Å²) in [6.45, 7) is 11.0. The van der Waals surface area contributed by atoms with Gasteiger partial charge in [0.15, 0.2) is 5.96 Å². The molecule has 0 amide bonds. The van der Waals surface area contributed by atoms with Crippen molar-refractivity contribution < 1.29 is 0 Å². The minimum Gasteiger partial charge on any atom is -0.357 e. The summed E-state index contributed by atoms with van der Waals surface area (Å²) in [7, 11) is 0. The lowest BCUT2D eigenvalue weighted by molar-refractivity contribution is 0.191. The topological polar surface area (TPSA) is 52.6 Å². The van der Waals surface area contributed by atoms with Crippen LogP contribution in [0.2, 0.25) is 0 Å². The number of thiazole rings is 1. The number of hydrogen-bond donors (Lipinski definition) is 2. The molecule has 1 unspecified atom stereocenters. The summed E-state index contributed by atoms with van der Waals surface area (Å²) in [5.74, 6) is 0.865. The summed E-state index contributed by atoms with van der Waals surface area (Å²) >= 11 is 1.71. The number of aromatic nitrogens is 1. The lowest BCUT2D eigenvalue weighted by atomic mass is 9.99. The Morgan fingerprint density at radius 1 is 1.30 bits per heavy atom. The monoisotopic (exact) mass is 499 g/mol. The van der Waals surface area contributed by atoms with Crippen molar-refractivity contribution in [2.75, 3.05) is 19.6 Å². The molecule has 0 saturated heterocycles. The molecule has 1 aromatic carbocycles. The molecule has 2 aromatic rings. The van der Waals surface area contributed by atoms with Gasteiger partial charge >= 0.3 is 0 Å². The number of aliphatic imine (C=N–C) groups is 1. The predicted molar refractivity (Wildman–Crippen MR) is 125 cm³/mol. The Labute approximate surface area is 183 Å². The number of rotatable bonds is 6. The van der Waals surface area contributed by atoms with E-state index in [0.29, 0.717) is 12.6 Å². The molecule has 5 nitrogen and oxygen atoms in total. The number of nitrogens with one attached hydrogen (secondary N) is 2. The first-order chi connectivity index (χ1) is 12.7. The lowest BCUT2D eigenvalue weighted by Gasteiger charge is -2.34. The maximum absolute atomic E-state index is 4.67. The molecule has 3 rings (SSSR count). The van der Waals surface area contributed by atoms with E-state index in [1.165, 1.54) is 16.0 Å². The third kappa shape index (κ3) is 6.43. The average molecular weight is 499 g/mol. The highest BCUT2D eigenvalue weighted by Crippen LogP contribution is 2.20. The van der Waals surface area contributed by atoms with Gasteiger partial charge in [-0.2, -0.15) is 0 Å². The molecule has 0 bridgehead atoms. The van der Waals surface area contributed by atoms with Crippen LogP contribution in [0, 0.1) is 6.92 Å². The number of benzene rings is 1. The van der Waals surface area contributed by atoms with Crippen LogP contribution in [-0.2, 0) is 19.5 Å². The third-order valence-corrected chi connectivity index (χ3v) is 5.63. The van der Waals surface area contributed by atoms with E-state index < -0.39 is 0 Å². The summed E-state index contributed by atoms with van der Waals surface area (Å²) in [6, 6.07) is 9.24. The highest BCUT2D eigenvalue weighted by Gasteiger charge is 2.20. The number of aryl methyl sites for hydroxylation is 1. The smallest absolute Gasteiger partial charge is 0.191 e. The van der Waals surface area contributed by atoms with Crippen molar-refractivity contribution in [2.24, 2.45) is 4.99 Å². The van der Waals surface area contributed by atoms with Gasteiger partial charge < -0.3 is 10.6 Å². The predicted octanol–water partition coefficient (Wildman–Crippen LogP) is 3.57.